The van der Waals surface area contributed by atoms with Crippen molar-refractivity contribution >= 4 is 23.7 Å². The second-order valence-corrected chi connectivity index (χ2v) is 9.80. The van der Waals surface area contributed by atoms with Crippen molar-refractivity contribution in [1.29, 1.82) is 0 Å². The van der Waals surface area contributed by atoms with Crippen LogP contribution in [0.15, 0.2) is 95.9 Å². The average molecular weight is 587 g/mol. The van der Waals surface area contributed by atoms with Crippen LogP contribution in [0.5, 0.6) is 0 Å². The molecule has 224 valence electrons. The Morgan fingerprint density at radius 2 is 1.77 bits per heavy atom. The third-order valence-corrected chi connectivity index (χ3v) is 6.78. The molecule has 0 fully saturated rings. The lowest BCUT2D eigenvalue weighted by Crippen LogP contribution is -2.32. The summed E-state index contributed by atoms with van der Waals surface area (Å²) in [6, 6.07) is 14.0. The quantitative estimate of drug-likeness (QED) is 0.128. The summed E-state index contributed by atoms with van der Waals surface area (Å²) >= 11 is 0. The number of hydrogen-bond donors (Lipinski definition) is 1. The van der Waals surface area contributed by atoms with Gasteiger partial charge in [-0.1, -0.05) is 48.6 Å². The zero-order chi connectivity index (χ0) is 30.8. The van der Waals surface area contributed by atoms with Crippen LogP contribution in [-0.2, 0) is 30.3 Å². The number of allylic oxidation sites excluding steroid dienone is 2. The van der Waals surface area contributed by atoms with E-state index >= 15 is 0 Å². The number of carbonyl (C=O) groups is 2. The molecule has 1 N–H and O–H groups in total. The molecule has 0 aliphatic carbocycles. The van der Waals surface area contributed by atoms with Gasteiger partial charge >= 0.3 is 11.9 Å². The second-order valence-electron chi connectivity index (χ2n) is 9.80. The van der Waals surface area contributed by atoms with Crippen LogP contribution in [0.25, 0.3) is 6.08 Å². The van der Waals surface area contributed by atoms with Gasteiger partial charge in [0.2, 0.25) is 0 Å². The van der Waals surface area contributed by atoms with E-state index < -0.39 is 22.8 Å². The van der Waals surface area contributed by atoms with Gasteiger partial charge in [0.25, 0.3) is 5.69 Å². The molecule has 2 heterocycles. The highest BCUT2D eigenvalue weighted by atomic mass is 16.6. The Balaban J connectivity index is 1.35. The van der Waals surface area contributed by atoms with Gasteiger partial charge in [0.15, 0.2) is 0 Å². The van der Waals surface area contributed by atoms with Crippen LogP contribution in [0.1, 0.15) is 43.4 Å². The van der Waals surface area contributed by atoms with Crippen LogP contribution in [0.3, 0.4) is 0 Å². The van der Waals surface area contributed by atoms with Crippen LogP contribution in [0, 0.1) is 10.1 Å². The number of non-ortho nitro benzene ring substituents is 1. The zero-order valence-corrected chi connectivity index (χ0v) is 24.3. The summed E-state index contributed by atoms with van der Waals surface area (Å²) in [5.74, 6) is -2.20. The molecule has 2 aromatic carbocycles. The third-order valence-electron chi connectivity index (χ3n) is 6.78. The first-order valence-electron chi connectivity index (χ1n) is 13.8. The van der Waals surface area contributed by atoms with Gasteiger partial charge in [-0.25, -0.2) is 14.6 Å². The van der Waals surface area contributed by atoms with Crippen LogP contribution in [0.2, 0.25) is 0 Å². The Morgan fingerprint density at radius 3 is 2.42 bits per heavy atom. The molecule has 4 rings (SSSR count). The van der Waals surface area contributed by atoms with E-state index in [1.54, 1.807) is 39.4 Å². The minimum Gasteiger partial charge on any atom is -0.463 e. The number of imidazole rings is 1. The number of carbonyl (C=O) groups excluding carboxylic acids is 2. The van der Waals surface area contributed by atoms with E-state index in [0.29, 0.717) is 23.6 Å². The lowest BCUT2D eigenvalue weighted by atomic mass is 9.80. The summed E-state index contributed by atoms with van der Waals surface area (Å²) in [7, 11) is 0. The van der Waals surface area contributed by atoms with Gasteiger partial charge in [0.05, 0.1) is 48.1 Å². The lowest BCUT2D eigenvalue weighted by Gasteiger charge is -2.30. The number of nitrogens with zero attached hydrogens (tertiary/aromatic N) is 3. The van der Waals surface area contributed by atoms with Gasteiger partial charge < -0.3 is 24.1 Å². The monoisotopic (exact) mass is 586 g/mol. The summed E-state index contributed by atoms with van der Waals surface area (Å²) in [5, 5.41) is 14.5. The molecule has 0 radical (unpaired) electrons. The first-order valence-corrected chi connectivity index (χ1v) is 13.8. The van der Waals surface area contributed by atoms with E-state index in [2.05, 4.69) is 22.4 Å². The Morgan fingerprint density at radius 1 is 1.05 bits per heavy atom. The maximum absolute atomic E-state index is 13.3. The lowest BCUT2D eigenvalue weighted by molar-refractivity contribution is -0.384. The molecule has 0 saturated carbocycles. The molecule has 1 unspecified atom stereocenters. The van der Waals surface area contributed by atoms with E-state index in [0.717, 1.165) is 12.1 Å². The molecular weight excluding hydrogens is 552 g/mol. The van der Waals surface area contributed by atoms with Crippen molar-refractivity contribution in [2.24, 2.45) is 0 Å². The van der Waals surface area contributed by atoms with E-state index in [1.165, 1.54) is 23.8 Å². The highest BCUT2D eigenvalue weighted by Crippen LogP contribution is 2.40. The van der Waals surface area contributed by atoms with Crippen molar-refractivity contribution in [3.05, 3.63) is 123 Å². The number of nitro benzene ring substituents is 1. The molecule has 3 aromatic rings. The van der Waals surface area contributed by atoms with E-state index in [1.807, 2.05) is 35.0 Å². The second kappa shape index (κ2) is 14.7. The number of dihydropyridines is 1. The molecule has 0 spiro atoms. The van der Waals surface area contributed by atoms with Crippen molar-refractivity contribution in [2.45, 2.75) is 33.2 Å². The Labute approximate surface area is 249 Å². The molecule has 1 aromatic heterocycles. The third kappa shape index (κ3) is 8.04. The van der Waals surface area contributed by atoms with Crippen molar-refractivity contribution < 1.29 is 28.7 Å². The SMILES string of the molecule is CCOC(=O)C1=C(C)NC(C)=C(C(=O)OCCOC/C=C/c2ccc(Cn3ccnc3)cc2)C1c1cccc([N+](=O)[O-])c1. The molecule has 1 aliphatic heterocycles. The van der Waals surface area contributed by atoms with Gasteiger partial charge in [-0.2, -0.15) is 0 Å². The fraction of sp³-hybridized carbons (Fsp3) is 0.281. The normalized spacial score (nSPS) is 15.0. The van der Waals surface area contributed by atoms with Crippen LogP contribution >= 0.6 is 0 Å². The van der Waals surface area contributed by atoms with E-state index in [-0.39, 0.29) is 36.7 Å². The zero-order valence-electron chi connectivity index (χ0n) is 24.3. The maximum atomic E-state index is 13.3. The predicted molar refractivity (Wildman–Crippen MR) is 160 cm³/mol. The number of nitro groups is 1. The van der Waals surface area contributed by atoms with Crippen LogP contribution < -0.4 is 5.32 Å². The summed E-state index contributed by atoms with van der Waals surface area (Å²) in [4.78, 5) is 41.3. The Bertz CT molecular complexity index is 1540. The first-order chi connectivity index (χ1) is 20.8. The molecular formula is C32H34N4O7. The number of aromatic nitrogens is 2. The largest absolute Gasteiger partial charge is 0.463 e. The average Bonchev–Trinajstić information content (AvgIpc) is 3.50. The molecule has 0 amide bonds. The molecule has 11 nitrogen and oxygen atoms in total. The highest BCUT2D eigenvalue weighted by Gasteiger charge is 2.38. The first kappa shape index (κ1) is 30.9. The van der Waals surface area contributed by atoms with Crippen molar-refractivity contribution in [3.8, 4) is 0 Å². The van der Waals surface area contributed by atoms with Crippen LogP contribution in [-0.4, -0.2) is 52.8 Å². The predicted octanol–water partition coefficient (Wildman–Crippen LogP) is 4.91. The topological polar surface area (TPSA) is 135 Å². The Hall–Kier alpha value is -5.03. The van der Waals surface area contributed by atoms with Crippen molar-refractivity contribution in [2.75, 3.05) is 26.4 Å². The van der Waals surface area contributed by atoms with Gasteiger partial charge in [-0.3, -0.25) is 10.1 Å². The van der Waals surface area contributed by atoms with Crippen LogP contribution in [0.4, 0.5) is 5.69 Å². The number of ether oxygens (including phenoxy) is 3. The van der Waals surface area contributed by atoms with Gasteiger partial charge in [-0.05, 0) is 37.5 Å². The number of esters is 2. The molecule has 1 aliphatic rings. The molecule has 0 saturated heterocycles. The fourth-order valence-electron chi connectivity index (χ4n) is 4.83. The number of rotatable bonds is 13. The molecule has 43 heavy (non-hydrogen) atoms. The summed E-state index contributed by atoms with van der Waals surface area (Å²) in [6.07, 6.45) is 9.27. The van der Waals surface area contributed by atoms with Gasteiger partial charge in [-0.15, -0.1) is 0 Å². The fourth-order valence-corrected chi connectivity index (χ4v) is 4.83. The number of nitrogens with one attached hydrogen (secondary N) is 1. The standard InChI is InChI=1S/C32H34N4O7/c1-4-42-31(37)28-22(2)34-23(3)29(30(28)26-8-5-9-27(19-26)36(39)40)32(38)43-18-17-41-16-6-7-24-10-12-25(13-11-24)20-35-15-14-33-21-35/h5-15,19,21,30,34H,4,16-18,20H2,1-3H3/b7-6+. The van der Waals surface area contributed by atoms with Crippen molar-refractivity contribution in [1.82, 2.24) is 14.9 Å². The molecule has 0 bridgehead atoms. The minimum absolute atomic E-state index is 0.0223. The van der Waals surface area contributed by atoms with E-state index in [9.17, 15) is 19.7 Å². The van der Waals surface area contributed by atoms with Gasteiger partial charge in [0.1, 0.15) is 6.61 Å². The number of hydrogen-bond acceptors (Lipinski definition) is 9. The van der Waals surface area contributed by atoms with E-state index in [4.69, 9.17) is 14.2 Å². The summed E-state index contributed by atoms with van der Waals surface area (Å²) in [5.41, 5.74) is 3.78. The molecule has 1 atom stereocenters. The van der Waals surface area contributed by atoms with Gasteiger partial charge in [0, 0.05) is 42.5 Å². The smallest absolute Gasteiger partial charge is 0.336 e. The Kier molecular flexibility index (Phi) is 10.6. The summed E-state index contributed by atoms with van der Waals surface area (Å²) in [6.45, 7) is 6.40. The summed E-state index contributed by atoms with van der Waals surface area (Å²) < 4.78 is 18.4. The maximum Gasteiger partial charge on any atom is 0.336 e. The minimum atomic E-state index is -0.914. The highest BCUT2D eigenvalue weighted by molar-refractivity contribution is 6.00. The van der Waals surface area contributed by atoms with Crippen molar-refractivity contribution in [3.63, 3.8) is 0 Å². The number of benzene rings is 2. The molecule has 11 heteroatoms.